The summed E-state index contributed by atoms with van der Waals surface area (Å²) in [7, 11) is 0. The maximum Gasteiger partial charge on any atom is 0.319 e. The molecule has 1 aromatic heterocycles. The summed E-state index contributed by atoms with van der Waals surface area (Å²) in [6, 6.07) is 7.42. The monoisotopic (exact) mass is 272 g/mol. The smallest absolute Gasteiger partial charge is 0.319 e. The molecule has 20 heavy (non-hydrogen) atoms. The second kappa shape index (κ2) is 5.36. The first-order chi connectivity index (χ1) is 9.35. The van der Waals surface area contributed by atoms with Crippen LogP contribution in [0.2, 0.25) is 0 Å². The number of aryl methyl sites for hydroxylation is 1. The zero-order chi connectivity index (χ0) is 14.8. The molecule has 0 atom stereocenters. The largest absolute Gasteiger partial charge is 0.348 e. The first-order valence-corrected chi connectivity index (χ1v) is 6.55. The maximum absolute atomic E-state index is 11.8. The molecular formula is C15H20N4O. The van der Waals surface area contributed by atoms with Gasteiger partial charge in [-0.15, -0.1) is 0 Å². The lowest BCUT2D eigenvalue weighted by Crippen LogP contribution is -2.43. The van der Waals surface area contributed by atoms with Crippen molar-refractivity contribution in [2.24, 2.45) is 0 Å². The van der Waals surface area contributed by atoms with Crippen LogP contribution in [0.25, 0.3) is 11.3 Å². The molecule has 2 aromatic rings. The van der Waals surface area contributed by atoms with Gasteiger partial charge in [0.15, 0.2) is 0 Å². The maximum atomic E-state index is 11.8. The summed E-state index contributed by atoms with van der Waals surface area (Å²) in [4.78, 5) is 19.2. The Kier molecular flexibility index (Phi) is 3.79. The summed E-state index contributed by atoms with van der Waals surface area (Å²) < 4.78 is 0. The lowest BCUT2D eigenvalue weighted by molar-refractivity contribution is 0.244. The van der Waals surface area contributed by atoms with Crippen LogP contribution in [0.3, 0.4) is 0 Å². The standard InChI is InChI=1S/C15H20N4O/c1-10-13(17-9-16-10)11-6-5-7-12(8-11)18-14(20)19-15(2,3)4/h5-9H,1-4H3,(H,16,17)(H2,18,19,20). The molecule has 1 heterocycles. The minimum atomic E-state index is -0.263. The van der Waals surface area contributed by atoms with Crippen LogP contribution in [0, 0.1) is 6.92 Å². The number of hydrogen-bond acceptors (Lipinski definition) is 2. The van der Waals surface area contributed by atoms with Gasteiger partial charge in [-0.1, -0.05) is 12.1 Å². The molecule has 0 saturated heterocycles. The summed E-state index contributed by atoms with van der Waals surface area (Å²) in [6.45, 7) is 7.79. The van der Waals surface area contributed by atoms with E-state index in [0.29, 0.717) is 0 Å². The highest BCUT2D eigenvalue weighted by molar-refractivity contribution is 5.90. The third kappa shape index (κ3) is 3.60. The number of H-pyrrole nitrogens is 1. The van der Waals surface area contributed by atoms with Crippen LogP contribution >= 0.6 is 0 Å². The van der Waals surface area contributed by atoms with Crippen LogP contribution in [0.15, 0.2) is 30.6 Å². The fourth-order valence-electron chi connectivity index (χ4n) is 1.90. The van der Waals surface area contributed by atoms with Gasteiger partial charge >= 0.3 is 6.03 Å². The molecule has 0 radical (unpaired) electrons. The number of aromatic amines is 1. The quantitative estimate of drug-likeness (QED) is 0.785. The zero-order valence-corrected chi connectivity index (χ0v) is 12.2. The minimum absolute atomic E-state index is 0.214. The molecule has 0 aliphatic heterocycles. The fraction of sp³-hybridized carbons (Fsp3) is 0.333. The molecule has 3 N–H and O–H groups in total. The molecule has 1 aromatic carbocycles. The van der Waals surface area contributed by atoms with Gasteiger partial charge in [0.1, 0.15) is 0 Å². The Hall–Kier alpha value is -2.30. The number of imidazole rings is 1. The molecule has 0 fully saturated rings. The number of nitrogens with zero attached hydrogens (tertiary/aromatic N) is 1. The highest BCUT2D eigenvalue weighted by atomic mass is 16.2. The predicted octanol–water partition coefficient (Wildman–Crippen LogP) is 3.31. The van der Waals surface area contributed by atoms with Crippen LogP contribution in [0.5, 0.6) is 0 Å². The number of aromatic nitrogens is 2. The van der Waals surface area contributed by atoms with Gasteiger partial charge in [0.2, 0.25) is 0 Å². The van der Waals surface area contributed by atoms with Crippen molar-refractivity contribution in [3.8, 4) is 11.3 Å². The average Bonchev–Trinajstić information content (AvgIpc) is 2.73. The molecule has 0 aliphatic rings. The van der Waals surface area contributed by atoms with Crippen molar-refractivity contribution in [1.82, 2.24) is 15.3 Å². The number of carbonyl (C=O) groups excluding carboxylic acids is 1. The fourth-order valence-corrected chi connectivity index (χ4v) is 1.90. The van der Waals surface area contributed by atoms with Crippen molar-refractivity contribution in [1.29, 1.82) is 0 Å². The normalized spacial score (nSPS) is 11.2. The molecule has 106 valence electrons. The van der Waals surface area contributed by atoms with Crippen LogP contribution < -0.4 is 10.6 Å². The SMILES string of the molecule is Cc1[nH]cnc1-c1cccc(NC(=O)NC(C)(C)C)c1. The van der Waals surface area contributed by atoms with E-state index >= 15 is 0 Å². The number of anilines is 1. The number of hydrogen-bond donors (Lipinski definition) is 3. The van der Waals surface area contributed by atoms with Crippen molar-refractivity contribution in [3.63, 3.8) is 0 Å². The summed E-state index contributed by atoms with van der Waals surface area (Å²) in [6.07, 6.45) is 1.66. The van der Waals surface area contributed by atoms with Crippen LogP contribution in [0.1, 0.15) is 26.5 Å². The lowest BCUT2D eigenvalue weighted by Gasteiger charge is -2.20. The number of carbonyl (C=O) groups is 1. The number of amides is 2. The second-order valence-corrected chi connectivity index (χ2v) is 5.79. The van der Waals surface area contributed by atoms with Gasteiger partial charge < -0.3 is 15.6 Å². The number of nitrogens with one attached hydrogen (secondary N) is 3. The molecule has 0 bridgehead atoms. The van der Waals surface area contributed by atoms with E-state index < -0.39 is 0 Å². The van der Waals surface area contributed by atoms with Crippen LogP contribution in [-0.2, 0) is 0 Å². The van der Waals surface area contributed by atoms with Crippen molar-refractivity contribution in [2.45, 2.75) is 33.2 Å². The Morgan fingerprint density at radius 2 is 2.05 bits per heavy atom. The Morgan fingerprint density at radius 1 is 1.30 bits per heavy atom. The van der Waals surface area contributed by atoms with Crippen LogP contribution in [-0.4, -0.2) is 21.5 Å². The Labute approximate surface area is 118 Å². The zero-order valence-electron chi connectivity index (χ0n) is 12.2. The van der Waals surface area contributed by atoms with Crippen molar-refractivity contribution >= 4 is 11.7 Å². The molecule has 5 heteroatoms. The highest BCUT2D eigenvalue weighted by Crippen LogP contribution is 2.22. The van der Waals surface area contributed by atoms with Gasteiger partial charge in [-0.2, -0.15) is 0 Å². The van der Waals surface area contributed by atoms with E-state index in [1.807, 2.05) is 52.0 Å². The molecule has 0 unspecified atom stereocenters. The molecular weight excluding hydrogens is 252 g/mol. The highest BCUT2D eigenvalue weighted by Gasteiger charge is 2.14. The van der Waals surface area contributed by atoms with E-state index in [2.05, 4.69) is 20.6 Å². The van der Waals surface area contributed by atoms with E-state index in [1.165, 1.54) is 0 Å². The van der Waals surface area contributed by atoms with Crippen molar-refractivity contribution < 1.29 is 4.79 Å². The van der Waals surface area contributed by atoms with Crippen molar-refractivity contribution in [3.05, 3.63) is 36.3 Å². The summed E-state index contributed by atoms with van der Waals surface area (Å²) >= 11 is 0. The molecule has 2 amide bonds. The van der Waals surface area contributed by atoms with E-state index in [4.69, 9.17) is 0 Å². The molecule has 0 aliphatic carbocycles. The summed E-state index contributed by atoms with van der Waals surface area (Å²) in [5.41, 5.74) is 3.34. The van der Waals surface area contributed by atoms with Gasteiger partial charge in [0, 0.05) is 22.5 Å². The Morgan fingerprint density at radius 3 is 2.65 bits per heavy atom. The minimum Gasteiger partial charge on any atom is -0.348 e. The van der Waals surface area contributed by atoms with E-state index in [-0.39, 0.29) is 11.6 Å². The van der Waals surface area contributed by atoms with E-state index in [1.54, 1.807) is 6.33 Å². The van der Waals surface area contributed by atoms with Gasteiger partial charge in [-0.25, -0.2) is 9.78 Å². The second-order valence-electron chi connectivity index (χ2n) is 5.79. The molecule has 0 saturated carbocycles. The first kappa shape index (κ1) is 14.1. The van der Waals surface area contributed by atoms with E-state index in [9.17, 15) is 4.79 Å². The lowest BCUT2D eigenvalue weighted by atomic mass is 10.1. The van der Waals surface area contributed by atoms with Gasteiger partial charge in [-0.3, -0.25) is 0 Å². The predicted molar refractivity (Wildman–Crippen MR) is 80.7 cm³/mol. The number of benzene rings is 1. The number of rotatable bonds is 2. The van der Waals surface area contributed by atoms with Gasteiger partial charge in [0.05, 0.1) is 12.0 Å². The third-order valence-electron chi connectivity index (χ3n) is 2.71. The average molecular weight is 272 g/mol. The summed E-state index contributed by atoms with van der Waals surface area (Å²) in [5.74, 6) is 0. The topological polar surface area (TPSA) is 69.8 Å². The Balaban J connectivity index is 2.15. The third-order valence-corrected chi connectivity index (χ3v) is 2.71. The number of urea groups is 1. The van der Waals surface area contributed by atoms with Gasteiger partial charge in [0.25, 0.3) is 0 Å². The summed E-state index contributed by atoms with van der Waals surface area (Å²) in [5, 5.41) is 5.69. The molecule has 5 nitrogen and oxygen atoms in total. The first-order valence-electron chi connectivity index (χ1n) is 6.55. The van der Waals surface area contributed by atoms with Crippen molar-refractivity contribution in [2.75, 3.05) is 5.32 Å². The molecule has 2 rings (SSSR count). The Bertz CT molecular complexity index is 610. The van der Waals surface area contributed by atoms with Crippen LogP contribution in [0.4, 0.5) is 10.5 Å². The van der Waals surface area contributed by atoms with Gasteiger partial charge in [-0.05, 0) is 39.8 Å². The van der Waals surface area contributed by atoms with E-state index in [0.717, 1.165) is 22.6 Å². The molecule has 0 spiro atoms.